The van der Waals surface area contributed by atoms with Crippen molar-refractivity contribution in [2.75, 3.05) is 13.2 Å². The fraction of sp³-hybridized carbons (Fsp3) is 0.600. The fourth-order valence-corrected chi connectivity index (χ4v) is 0.618. The Morgan fingerprint density at radius 2 is 2.50 bits per heavy atom. The van der Waals surface area contributed by atoms with Crippen molar-refractivity contribution in [1.29, 1.82) is 0 Å². The predicted molar refractivity (Wildman–Crippen MR) is 38.2 cm³/mol. The van der Waals surface area contributed by atoms with E-state index in [9.17, 15) is 4.79 Å². The number of nitrogens with one attached hydrogen (secondary N) is 2. The van der Waals surface area contributed by atoms with Crippen molar-refractivity contribution in [1.82, 2.24) is 25.9 Å². The van der Waals surface area contributed by atoms with Crippen molar-refractivity contribution >= 4 is 5.91 Å². The molecular weight excluding hydrogens is 162 g/mol. The van der Waals surface area contributed by atoms with Crippen LogP contribution in [0.5, 0.6) is 0 Å². The summed E-state index contributed by atoms with van der Waals surface area (Å²) in [7, 11) is 0. The summed E-state index contributed by atoms with van der Waals surface area (Å²) in [6.07, 6.45) is 0.517. The van der Waals surface area contributed by atoms with Gasteiger partial charge in [-0.25, -0.2) is 0 Å². The van der Waals surface area contributed by atoms with Gasteiger partial charge in [0.05, 0.1) is 0 Å². The van der Waals surface area contributed by atoms with Gasteiger partial charge in [-0.3, -0.25) is 4.79 Å². The molecule has 1 rings (SSSR count). The minimum Gasteiger partial charge on any atom is -0.396 e. The van der Waals surface area contributed by atoms with E-state index >= 15 is 0 Å². The third-order valence-electron chi connectivity index (χ3n) is 1.17. The summed E-state index contributed by atoms with van der Waals surface area (Å²) in [5, 5.41) is 23.2. The van der Waals surface area contributed by atoms with Crippen LogP contribution in [0.1, 0.15) is 17.0 Å². The van der Waals surface area contributed by atoms with Gasteiger partial charge >= 0.3 is 0 Å². The zero-order valence-electron chi connectivity index (χ0n) is 6.32. The molecule has 7 nitrogen and oxygen atoms in total. The van der Waals surface area contributed by atoms with Gasteiger partial charge in [0.15, 0.2) is 0 Å². The van der Waals surface area contributed by atoms with E-state index in [1.54, 1.807) is 0 Å². The Hall–Kier alpha value is -1.50. The summed E-state index contributed by atoms with van der Waals surface area (Å²) in [6.45, 7) is 0.455. The molecule has 1 aromatic rings. The number of amides is 1. The molecule has 0 atom stereocenters. The number of carbonyl (C=O) groups is 1. The molecule has 0 aromatic carbocycles. The second-order valence-corrected chi connectivity index (χ2v) is 2.07. The van der Waals surface area contributed by atoms with Crippen molar-refractivity contribution in [3.63, 3.8) is 0 Å². The number of aromatic nitrogens is 4. The number of hydrogen-bond donors (Lipinski definition) is 3. The molecule has 0 aliphatic carbocycles. The largest absolute Gasteiger partial charge is 0.396 e. The molecule has 0 aliphatic rings. The van der Waals surface area contributed by atoms with Gasteiger partial charge in [-0.05, 0) is 11.6 Å². The van der Waals surface area contributed by atoms with E-state index in [0.29, 0.717) is 13.0 Å². The number of aliphatic hydroxyl groups excluding tert-OH is 1. The van der Waals surface area contributed by atoms with Gasteiger partial charge in [0.25, 0.3) is 11.7 Å². The van der Waals surface area contributed by atoms with Crippen LogP contribution in [0, 0.1) is 0 Å². The minimum absolute atomic E-state index is 0.00735. The first kappa shape index (κ1) is 8.60. The van der Waals surface area contributed by atoms with Gasteiger partial charge in [-0.15, -0.1) is 10.2 Å². The van der Waals surface area contributed by atoms with Crippen molar-refractivity contribution in [2.24, 2.45) is 0 Å². The summed E-state index contributed by atoms with van der Waals surface area (Å²) < 4.78 is 0. The maximum atomic E-state index is 11.0. The van der Waals surface area contributed by atoms with Crippen LogP contribution in [0.3, 0.4) is 0 Å². The Bertz CT molecular complexity index is 234. The van der Waals surface area contributed by atoms with Crippen molar-refractivity contribution < 1.29 is 9.90 Å². The fourth-order valence-electron chi connectivity index (χ4n) is 0.618. The van der Waals surface area contributed by atoms with Gasteiger partial charge in [0, 0.05) is 13.2 Å². The highest BCUT2D eigenvalue weighted by Crippen LogP contribution is 1.82. The first-order valence-electron chi connectivity index (χ1n) is 3.47. The van der Waals surface area contributed by atoms with E-state index < -0.39 is 5.91 Å². The van der Waals surface area contributed by atoms with Crippen LogP contribution < -0.4 is 5.32 Å². The number of hydrogen-bond acceptors (Lipinski definition) is 5. The Balaban J connectivity index is 2.30. The molecule has 3 N–H and O–H groups in total. The van der Waals surface area contributed by atoms with Crippen LogP contribution in [0.2, 0.25) is 0 Å². The van der Waals surface area contributed by atoms with E-state index in [-0.39, 0.29) is 12.4 Å². The third kappa shape index (κ3) is 2.27. The van der Waals surface area contributed by atoms with E-state index in [0.717, 1.165) is 0 Å². The molecule has 0 unspecified atom stereocenters. The van der Waals surface area contributed by atoms with Gasteiger partial charge in [0.1, 0.15) is 0 Å². The van der Waals surface area contributed by atoms with Gasteiger partial charge in [0.2, 0.25) is 0 Å². The van der Waals surface area contributed by atoms with E-state index in [4.69, 9.17) is 5.11 Å². The lowest BCUT2D eigenvalue weighted by Gasteiger charge is -1.98. The minimum atomic E-state index is -0.391. The maximum absolute atomic E-state index is 11.0. The highest BCUT2D eigenvalue weighted by molar-refractivity contribution is 5.89. The molecule has 0 fully saturated rings. The number of aliphatic hydroxyl groups is 1. The molecule has 12 heavy (non-hydrogen) atoms. The average Bonchev–Trinajstić information content (AvgIpc) is 2.56. The zero-order chi connectivity index (χ0) is 8.81. The zero-order valence-corrected chi connectivity index (χ0v) is 6.32. The Morgan fingerprint density at radius 1 is 1.67 bits per heavy atom. The molecule has 7 heteroatoms. The monoisotopic (exact) mass is 171 g/mol. The van der Waals surface area contributed by atoms with Crippen LogP contribution in [0.4, 0.5) is 0 Å². The molecule has 0 saturated carbocycles. The molecule has 0 spiro atoms. The summed E-state index contributed by atoms with van der Waals surface area (Å²) in [5.41, 5.74) is 0. The second kappa shape index (κ2) is 4.39. The summed E-state index contributed by atoms with van der Waals surface area (Å²) in [6, 6.07) is 0. The SMILES string of the molecule is O=C(NCCCO)c1nn[nH]n1. The molecule has 1 heterocycles. The van der Waals surface area contributed by atoms with Crippen LogP contribution in [-0.4, -0.2) is 44.8 Å². The highest BCUT2D eigenvalue weighted by atomic mass is 16.3. The molecule has 0 saturated heterocycles. The van der Waals surface area contributed by atoms with Crippen molar-refractivity contribution in [3.05, 3.63) is 5.82 Å². The van der Waals surface area contributed by atoms with E-state index in [1.807, 2.05) is 0 Å². The van der Waals surface area contributed by atoms with Crippen LogP contribution in [0.25, 0.3) is 0 Å². The predicted octanol–water partition coefficient (Wildman–Crippen LogP) is -1.69. The molecule has 0 radical (unpaired) electrons. The Morgan fingerprint density at radius 3 is 3.08 bits per heavy atom. The summed E-state index contributed by atoms with van der Waals surface area (Å²) in [4.78, 5) is 11.0. The Kier molecular flexibility index (Phi) is 3.15. The number of H-pyrrole nitrogens is 1. The maximum Gasteiger partial charge on any atom is 0.292 e. The summed E-state index contributed by atoms with van der Waals surface area (Å²) in [5.74, 6) is -0.384. The lowest BCUT2D eigenvalue weighted by molar-refractivity contribution is 0.0941. The highest BCUT2D eigenvalue weighted by Gasteiger charge is 2.08. The van der Waals surface area contributed by atoms with Gasteiger partial charge in [-0.1, -0.05) is 0 Å². The smallest absolute Gasteiger partial charge is 0.292 e. The van der Waals surface area contributed by atoms with Crippen molar-refractivity contribution in [3.8, 4) is 0 Å². The quantitative estimate of drug-likeness (QED) is 0.469. The second-order valence-electron chi connectivity index (χ2n) is 2.07. The molecular formula is C5H9N5O2. The molecule has 66 valence electrons. The molecule has 1 amide bonds. The van der Waals surface area contributed by atoms with E-state index in [1.165, 1.54) is 0 Å². The normalized spacial score (nSPS) is 9.75. The molecule has 0 aliphatic heterocycles. The van der Waals surface area contributed by atoms with Gasteiger partial charge in [-0.2, -0.15) is 5.21 Å². The number of aromatic amines is 1. The van der Waals surface area contributed by atoms with Crippen LogP contribution in [0.15, 0.2) is 0 Å². The molecule has 0 bridgehead atoms. The number of carbonyl (C=O) groups excluding carboxylic acids is 1. The number of nitrogens with zero attached hydrogens (tertiary/aromatic N) is 3. The number of tetrazole rings is 1. The lowest BCUT2D eigenvalue weighted by Crippen LogP contribution is -2.26. The standard InChI is InChI=1S/C5H9N5O2/c11-3-1-2-6-5(12)4-7-9-10-8-4/h11H,1-3H2,(H,6,12)(H,7,8,9,10). The Labute approximate surface area is 68.2 Å². The topological polar surface area (TPSA) is 104 Å². The first-order valence-corrected chi connectivity index (χ1v) is 3.47. The van der Waals surface area contributed by atoms with Gasteiger partial charge < -0.3 is 10.4 Å². The van der Waals surface area contributed by atoms with E-state index in [2.05, 4.69) is 25.9 Å². The van der Waals surface area contributed by atoms with Crippen LogP contribution >= 0.6 is 0 Å². The van der Waals surface area contributed by atoms with Crippen molar-refractivity contribution in [2.45, 2.75) is 6.42 Å². The number of rotatable bonds is 4. The first-order chi connectivity index (χ1) is 5.84. The lowest BCUT2D eigenvalue weighted by atomic mass is 10.4. The average molecular weight is 171 g/mol. The summed E-state index contributed by atoms with van der Waals surface area (Å²) >= 11 is 0. The third-order valence-corrected chi connectivity index (χ3v) is 1.17. The van der Waals surface area contributed by atoms with Crippen LogP contribution in [-0.2, 0) is 0 Å². The molecule has 1 aromatic heterocycles.